The van der Waals surface area contributed by atoms with Crippen LogP contribution < -0.4 is 0 Å². The lowest BCUT2D eigenvalue weighted by Gasteiger charge is -2.01. The summed E-state index contributed by atoms with van der Waals surface area (Å²) in [5.41, 5.74) is 4.53. The normalized spacial score (nSPS) is 11.2. The number of rotatable bonds is 4. The molecule has 2 heterocycles. The number of fused-ring (bicyclic) bond motifs is 1. The van der Waals surface area contributed by atoms with Gasteiger partial charge in [-0.2, -0.15) is 0 Å². The van der Waals surface area contributed by atoms with Gasteiger partial charge in [0, 0.05) is 11.8 Å². The van der Waals surface area contributed by atoms with Gasteiger partial charge in [-0.1, -0.05) is 64.8 Å². The van der Waals surface area contributed by atoms with E-state index in [0.29, 0.717) is 16.3 Å². The third-order valence-electron chi connectivity index (χ3n) is 4.26. The summed E-state index contributed by atoms with van der Waals surface area (Å²) in [6.07, 6.45) is 3.23. The zero-order valence-corrected chi connectivity index (χ0v) is 15.8. The number of benzene rings is 2. The van der Waals surface area contributed by atoms with E-state index in [4.69, 9.17) is 16.4 Å². The molecule has 0 N–H and O–H groups in total. The summed E-state index contributed by atoms with van der Waals surface area (Å²) in [6.45, 7) is 1.95. The molecular weight excluding hydrogens is 374 g/mol. The lowest BCUT2D eigenvalue weighted by molar-refractivity contribution is 0.0519. The molecule has 2 aromatic carbocycles. The minimum absolute atomic E-state index is 0.437. The fourth-order valence-corrected chi connectivity index (χ4v) is 3.00. The van der Waals surface area contributed by atoms with Gasteiger partial charge in [0.2, 0.25) is 0 Å². The summed E-state index contributed by atoms with van der Waals surface area (Å²) in [6, 6.07) is 20.4. The van der Waals surface area contributed by atoms with Crippen LogP contribution in [0.25, 0.3) is 16.9 Å². The highest BCUT2D eigenvalue weighted by atomic mass is 35.5. The van der Waals surface area contributed by atoms with Crippen LogP contribution in [0.2, 0.25) is 5.02 Å². The third kappa shape index (κ3) is 3.66. The van der Waals surface area contributed by atoms with E-state index in [2.05, 4.69) is 10.1 Å². The highest BCUT2D eigenvalue weighted by Gasteiger charge is 2.13. The molecule has 0 amide bonds. The van der Waals surface area contributed by atoms with Crippen LogP contribution in [-0.2, 0) is 4.84 Å². The second kappa shape index (κ2) is 7.66. The van der Waals surface area contributed by atoms with Crippen molar-refractivity contribution in [2.45, 2.75) is 6.92 Å². The van der Waals surface area contributed by atoms with Crippen LogP contribution in [0.15, 0.2) is 78.1 Å². The molecule has 0 saturated carbocycles. The number of halogens is 1. The zero-order chi connectivity index (χ0) is 19.5. The van der Waals surface area contributed by atoms with Gasteiger partial charge in [-0.25, -0.2) is 9.78 Å². The van der Waals surface area contributed by atoms with Gasteiger partial charge in [0.25, 0.3) is 0 Å². The first-order valence-corrected chi connectivity index (χ1v) is 9.04. The van der Waals surface area contributed by atoms with Crippen molar-refractivity contribution in [1.29, 1.82) is 0 Å². The lowest BCUT2D eigenvalue weighted by atomic mass is 10.1. The van der Waals surface area contributed by atoms with Gasteiger partial charge in [-0.3, -0.25) is 4.40 Å². The number of aromatic nitrogens is 2. The van der Waals surface area contributed by atoms with Gasteiger partial charge in [-0.05, 0) is 31.2 Å². The standard InChI is InChI=1S/C22H16ClN3O2/c1-15-7-9-17(10-8-15)22(27)28-24-13-19-21(16-5-3-2-4-6-16)25-20-12-11-18(23)14-26(19)20/h2-14H,1H3/b24-13+. The smallest absolute Gasteiger partial charge is 0.313 e. The molecule has 2 aromatic heterocycles. The molecule has 0 radical (unpaired) electrons. The van der Waals surface area contributed by atoms with Gasteiger partial charge in [-0.15, -0.1) is 0 Å². The van der Waals surface area contributed by atoms with Crippen LogP contribution in [-0.4, -0.2) is 21.6 Å². The van der Waals surface area contributed by atoms with Gasteiger partial charge in [0.05, 0.1) is 28.2 Å². The van der Waals surface area contributed by atoms with E-state index < -0.39 is 5.97 Å². The Morgan fingerprint density at radius 1 is 1.07 bits per heavy atom. The number of aryl methyl sites for hydroxylation is 1. The predicted octanol–water partition coefficient (Wildman–Crippen LogP) is 5.15. The second-order valence-corrected chi connectivity index (χ2v) is 6.70. The quantitative estimate of drug-likeness (QED) is 0.275. The first kappa shape index (κ1) is 17.9. The largest absolute Gasteiger partial charge is 0.365 e. The monoisotopic (exact) mass is 389 g/mol. The van der Waals surface area contributed by atoms with Gasteiger partial charge >= 0.3 is 5.97 Å². The predicted molar refractivity (Wildman–Crippen MR) is 110 cm³/mol. The molecule has 0 aliphatic carbocycles. The minimum Gasteiger partial charge on any atom is -0.313 e. The Hall–Kier alpha value is -3.44. The summed E-state index contributed by atoms with van der Waals surface area (Å²) in [4.78, 5) is 21.9. The number of nitrogens with zero attached hydrogens (tertiary/aromatic N) is 3. The van der Waals surface area contributed by atoms with Crippen LogP contribution in [0.5, 0.6) is 0 Å². The van der Waals surface area contributed by atoms with E-state index in [0.717, 1.165) is 22.5 Å². The average molecular weight is 390 g/mol. The molecular formula is C22H16ClN3O2. The van der Waals surface area contributed by atoms with Crippen molar-refractivity contribution in [2.75, 3.05) is 0 Å². The van der Waals surface area contributed by atoms with E-state index in [1.807, 2.05) is 59.9 Å². The molecule has 0 aliphatic heterocycles. The number of carbonyl (C=O) groups is 1. The molecule has 0 bridgehead atoms. The van der Waals surface area contributed by atoms with E-state index in [-0.39, 0.29) is 0 Å². The molecule has 0 unspecified atom stereocenters. The van der Waals surface area contributed by atoms with Crippen molar-refractivity contribution < 1.29 is 9.63 Å². The highest BCUT2D eigenvalue weighted by molar-refractivity contribution is 6.30. The van der Waals surface area contributed by atoms with Crippen LogP contribution in [0.3, 0.4) is 0 Å². The summed E-state index contributed by atoms with van der Waals surface area (Å²) >= 11 is 6.14. The van der Waals surface area contributed by atoms with E-state index in [1.54, 1.807) is 24.4 Å². The minimum atomic E-state index is -0.524. The number of oxime groups is 1. The maximum Gasteiger partial charge on any atom is 0.365 e. The summed E-state index contributed by atoms with van der Waals surface area (Å²) in [5.74, 6) is -0.524. The molecule has 5 nitrogen and oxygen atoms in total. The number of hydrogen-bond donors (Lipinski definition) is 0. The molecule has 138 valence electrons. The fourth-order valence-electron chi connectivity index (χ4n) is 2.84. The SMILES string of the molecule is Cc1ccc(C(=O)O/N=C/c2c(-c3ccccc3)nc3ccc(Cl)cn23)cc1. The summed E-state index contributed by atoms with van der Waals surface area (Å²) < 4.78 is 1.81. The van der Waals surface area contributed by atoms with Crippen LogP contribution in [0.1, 0.15) is 21.6 Å². The molecule has 0 fully saturated rings. The summed E-state index contributed by atoms with van der Waals surface area (Å²) in [7, 11) is 0. The first-order valence-electron chi connectivity index (χ1n) is 8.66. The molecule has 0 aliphatic rings. The molecule has 28 heavy (non-hydrogen) atoms. The number of hydrogen-bond acceptors (Lipinski definition) is 4. The van der Waals surface area contributed by atoms with Crippen molar-refractivity contribution in [1.82, 2.24) is 9.38 Å². The maximum absolute atomic E-state index is 12.2. The number of imidazole rings is 1. The molecule has 6 heteroatoms. The van der Waals surface area contributed by atoms with Crippen LogP contribution in [0.4, 0.5) is 0 Å². The Bertz CT molecular complexity index is 1170. The number of pyridine rings is 1. The maximum atomic E-state index is 12.2. The molecule has 0 spiro atoms. The molecule has 4 aromatic rings. The molecule has 0 atom stereocenters. The Labute approximate surface area is 166 Å². The van der Waals surface area contributed by atoms with E-state index >= 15 is 0 Å². The van der Waals surface area contributed by atoms with Crippen molar-refractivity contribution >= 4 is 29.4 Å². The van der Waals surface area contributed by atoms with Gasteiger partial charge < -0.3 is 4.84 Å². The second-order valence-electron chi connectivity index (χ2n) is 6.27. The Morgan fingerprint density at radius 3 is 2.57 bits per heavy atom. The Morgan fingerprint density at radius 2 is 1.82 bits per heavy atom. The van der Waals surface area contributed by atoms with Crippen LogP contribution in [0, 0.1) is 6.92 Å². The zero-order valence-electron chi connectivity index (χ0n) is 15.0. The van der Waals surface area contributed by atoms with Crippen molar-refractivity contribution in [3.8, 4) is 11.3 Å². The number of carbonyl (C=O) groups excluding carboxylic acids is 1. The first-order chi connectivity index (χ1) is 13.6. The topological polar surface area (TPSA) is 56.0 Å². The Balaban J connectivity index is 1.68. The highest BCUT2D eigenvalue weighted by Crippen LogP contribution is 2.24. The third-order valence-corrected chi connectivity index (χ3v) is 4.49. The van der Waals surface area contributed by atoms with Crippen molar-refractivity contribution in [2.24, 2.45) is 5.16 Å². The van der Waals surface area contributed by atoms with Crippen molar-refractivity contribution in [3.05, 3.63) is 94.8 Å². The van der Waals surface area contributed by atoms with Gasteiger partial charge in [0.15, 0.2) is 0 Å². The Kier molecular flexibility index (Phi) is 4.91. The fraction of sp³-hybridized carbons (Fsp3) is 0.0455. The molecule has 4 rings (SSSR count). The molecule has 0 saturated heterocycles. The van der Waals surface area contributed by atoms with E-state index in [9.17, 15) is 4.79 Å². The average Bonchev–Trinajstić information content (AvgIpc) is 3.07. The lowest BCUT2D eigenvalue weighted by Crippen LogP contribution is -2.02. The van der Waals surface area contributed by atoms with E-state index in [1.165, 1.54) is 6.21 Å². The van der Waals surface area contributed by atoms with Crippen molar-refractivity contribution in [3.63, 3.8) is 0 Å². The summed E-state index contributed by atoms with van der Waals surface area (Å²) in [5, 5.41) is 4.47. The van der Waals surface area contributed by atoms with Crippen LogP contribution >= 0.6 is 11.6 Å². The van der Waals surface area contributed by atoms with Gasteiger partial charge in [0.1, 0.15) is 5.65 Å².